The number of alkyl halides is 1. The minimum atomic E-state index is -0.599. The highest BCUT2D eigenvalue weighted by Gasteiger charge is 2.24. The number of nitrogens with one attached hydrogen (secondary N) is 1. The molecule has 1 saturated heterocycles. The quantitative estimate of drug-likeness (QED) is 0.841. The summed E-state index contributed by atoms with van der Waals surface area (Å²) in [6.07, 6.45) is 2.38. The Morgan fingerprint density at radius 3 is 2.89 bits per heavy atom. The van der Waals surface area contributed by atoms with Gasteiger partial charge < -0.3 is 5.32 Å². The molecule has 1 aromatic carbocycles. The van der Waals surface area contributed by atoms with E-state index in [0.717, 1.165) is 25.1 Å². The van der Waals surface area contributed by atoms with E-state index in [9.17, 15) is 4.79 Å². The molecule has 0 bridgehead atoms. The van der Waals surface area contributed by atoms with Gasteiger partial charge in [-0.25, -0.2) is 0 Å². The van der Waals surface area contributed by atoms with Gasteiger partial charge in [0.1, 0.15) is 5.38 Å². The van der Waals surface area contributed by atoms with Crippen LogP contribution in [0.3, 0.4) is 0 Å². The largest absolute Gasteiger partial charge is 0.353 e. The highest BCUT2D eigenvalue weighted by Crippen LogP contribution is 2.20. The fourth-order valence-electron chi connectivity index (χ4n) is 2.62. The van der Waals surface area contributed by atoms with Crippen LogP contribution in [-0.4, -0.2) is 36.5 Å². The summed E-state index contributed by atoms with van der Waals surface area (Å²) in [5, 5.41) is 2.38. The first-order valence-corrected chi connectivity index (χ1v) is 7.36. The molecular weight excluding hydrogens is 260 g/mol. The zero-order valence-electron chi connectivity index (χ0n) is 11.3. The molecule has 1 fully saturated rings. The van der Waals surface area contributed by atoms with Gasteiger partial charge in [0.15, 0.2) is 0 Å². The molecule has 2 unspecified atom stereocenters. The summed E-state index contributed by atoms with van der Waals surface area (Å²) in [6, 6.07) is 9.94. The number of likely N-dealkylation sites (tertiary alicyclic amines) is 1. The van der Waals surface area contributed by atoms with Crippen molar-refractivity contribution in [2.75, 3.05) is 19.6 Å². The number of hydrogen-bond donors (Lipinski definition) is 1. The average Bonchev–Trinajstić information content (AvgIpc) is 2.92. The smallest absolute Gasteiger partial charge is 0.242 e. The monoisotopic (exact) mass is 280 g/mol. The van der Waals surface area contributed by atoms with Gasteiger partial charge in [0.05, 0.1) is 0 Å². The Morgan fingerprint density at radius 2 is 2.21 bits per heavy atom. The van der Waals surface area contributed by atoms with E-state index < -0.39 is 5.38 Å². The van der Waals surface area contributed by atoms with E-state index in [-0.39, 0.29) is 5.91 Å². The molecule has 0 radical (unpaired) electrons. The molecule has 1 aliphatic rings. The molecule has 0 spiro atoms. The molecule has 0 saturated carbocycles. The molecule has 1 heterocycles. The lowest BCUT2D eigenvalue weighted by atomic mass is 10.1. The molecule has 1 aliphatic heterocycles. The normalized spacial score (nSPS) is 21.3. The van der Waals surface area contributed by atoms with Crippen molar-refractivity contribution in [2.24, 2.45) is 0 Å². The number of benzene rings is 1. The van der Waals surface area contributed by atoms with Crippen LogP contribution < -0.4 is 5.32 Å². The van der Waals surface area contributed by atoms with E-state index in [1.807, 2.05) is 30.3 Å². The highest BCUT2D eigenvalue weighted by molar-refractivity contribution is 6.30. The standard InChI is InChI=1S/C15H21ClN2O/c1-2-18-10-6-9-13(18)11-17-15(19)14(16)12-7-4-3-5-8-12/h3-5,7-8,13-14H,2,6,9-11H2,1H3,(H,17,19). The van der Waals surface area contributed by atoms with Crippen LogP contribution in [0.4, 0.5) is 0 Å². The molecule has 4 heteroatoms. The minimum absolute atomic E-state index is 0.101. The minimum Gasteiger partial charge on any atom is -0.353 e. The van der Waals surface area contributed by atoms with E-state index in [1.54, 1.807) is 0 Å². The maximum atomic E-state index is 12.0. The van der Waals surface area contributed by atoms with Crippen LogP contribution >= 0.6 is 11.6 Å². The van der Waals surface area contributed by atoms with Gasteiger partial charge in [0, 0.05) is 12.6 Å². The molecular formula is C15H21ClN2O. The summed E-state index contributed by atoms with van der Waals surface area (Å²) < 4.78 is 0. The second-order valence-electron chi connectivity index (χ2n) is 4.94. The van der Waals surface area contributed by atoms with Crippen LogP contribution in [0.25, 0.3) is 0 Å². The SMILES string of the molecule is CCN1CCCC1CNC(=O)C(Cl)c1ccccc1. The number of nitrogens with zero attached hydrogens (tertiary/aromatic N) is 1. The van der Waals surface area contributed by atoms with Crippen molar-refractivity contribution in [3.8, 4) is 0 Å². The first-order chi connectivity index (χ1) is 9.22. The van der Waals surface area contributed by atoms with E-state index >= 15 is 0 Å². The van der Waals surface area contributed by atoms with Crippen LogP contribution in [0.15, 0.2) is 30.3 Å². The maximum absolute atomic E-state index is 12.0. The summed E-state index contributed by atoms with van der Waals surface area (Å²) in [5.74, 6) is -0.101. The average molecular weight is 281 g/mol. The Balaban J connectivity index is 1.84. The van der Waals surface area contributed by atoms with Crippen molar-refractivity contribution < 1.29 is 4.79 Å². The fourth-order valence-corrected chi connectivity index (χ4v) is 2.85. The van der Waals surface area contributed by atoms with Gasteiger partial charge in [-0.1, -0.05) is 37.3 Å². The predicted octanol–water partition coefficient (Wildman–Crippen LogP) is 2.57. The summed E-state index contributed by atoms with van der Waals surface area (Å²) in [6.45, 7) is 5.04. The Hall–Kier alpha value is -1.06. The summed E-state index contributed by atoms with van der Waals surface area (Å²) in [7, 11) is 0. The molecule has 104 valence electrons. The van der Waals surface area contributed by atoms with Crippen molar-refractivity contribution in [2.45, 2.75) is 31.2 Å². The van der Waals surface area contributed by atoms with Crippen molar-refractivity contribution in [3.63, 3.8) is 0 Å². The van der Waals surface area contributed by atoms with Crippen molar-refractivity contribution in [1.82, 2.24) is 10.2 Å². The molecule has 1 amide bonds. The number of carbonyl (C=O) groups is 1. The molecule has 2 atom stereocenters. The van der Waals surface area contributed by atoms with Crippen molar-refractivity contribution in [1.29, 1.82) is 0 Å². The van der Waals surface area contributed by atoms with E-state index in [2.05, 4.69) is 17.1 Å². The van der Waals surface area contributed by atoms with Crippen LogP contribution in [0.2, 0.25) is 0 Å². The van der Waals surface area contributed by atoms with E-state index in [4.69, 9.17) is 11.6 Å². The van der Waals surface area contributed by atoms with Crippen LogP contribution in [-0.2, 0) is 4.79 Å². The third kappa shape index (κ3) is 3.71. The molecule has 1 N–H and O–H groups in total. The van der Waals surface area contributed by atoms with Gasteiger partial charge in [-0.2, -0.15) is 0 Å². The highest BCUT2D eigenvalue weighted by atomic mass is 35.5. The number of carbonyl (C=O) groups excluding carboxylic acids is 1. The number of halogens is 1. The van der Waals surface area contributed by atoms with Gasteiger partial charge >= 0.3 is 0 Å². The lowest BCUT2D eigenvalue weighted by Crippen LogP contribution is -2.40. The van der Waals surface area contributed by atoms with Gasteiger partial charge in [0.2, 0.25) is 5.91 Å². The second kappa shape index (κ2) is 6.92. The first-order valence-electron chi connectivity index (χ1n) is 6.93. The fraction of sp³-hybridized carbons (Fsp3) is 0.533. The lowest BCUT2D eigenvalue weighted by Gasteiger charge is -2.23. The first kappa shape index (κ1) is 14.4. The number of amides is 1. The Labute approximate surface area is 119 Å². The lowest BCUT2D eigenvalue weighted by molar-refractivity contribution is -0.121. The van der Waals surface area contributed by atoms with Crippen molar-refractivity contribution in [3.05, 3.63) is 35.9 Å². The van der Waals surface area contributed by atoms with E-state index in [1.165, 1.54) is 6.42 Å². The Morgan fingerprint density at radius 1 is 1.47 bits per heavy atom. The number of hydrogen-bond acceptors (Lipinski definition) is 2. The van der Waals surface area contributed by atoms with Gasteiger partial charge in [-0.05, 0) is 31.5 Å². The zero-order chi connectivity index (χ0) is 13.7. The van der Waals surface area contributed by atoms with Crippen LogP contribution in [0, 0.1) is 0 Å². The molecule has 1 aromatic rings. The Bertz CT molecular complexity index is 410. The zero-order valence-corrected chi connectivity index (χ0v) is 12.1. The summed E-state index contributed by atoms with van der Waals surface area (Å²) >= 11 is 6.19. The summed E-state index contributed by atoms with van der Waals surface area (Å²) in [5.41, 5.74) is 0.848. The van der Waals surface area contributed by atoms with Crippen LogP contribution in [0.1, 0.15) is 30.7 Å². The van der Waals surface area contributed by atoms with Gasteiger partial charge in [0.25, 0.3) is 0 Å². The molecule has 0 aromatic heterocycles. The number of rotatable bonds is 5. The predicted molar refractivity (Wildman–Crippen MR) is 78.3 cm³/mol. The van der Waals surface area contributed by atoms with Crippen molar-refractivity contribution >= 4 is 17.5 Å². The van der Waals surface area contributed by atoms with Gasteiger partial charge in [-0.15, -0.1) is 11.6 Å². The third-order valence-corrected chi connectivity index (χ3v) is 4.19. The molecule has 3 nitrogen and oxygen atoms in total. The third-order valence-electron chi connectivity index (χ3n) is 3.74. The number of likely N-dealkylation sites (N-methyl/N-ethyl adjacent to an activating group) is 1. The molecule has 2 rings (SSSR count). The topological polar surface area (TPSA) is 32.3 Å². The Kier molecular flexibility index (Phi) is 5.23. The summed E-state index contributed by atoms with van der Waals surface area (Å²) in [4.78, 5) is 14.4. The molecule has 0 aliphatic carbocycles. The van der Waals surface area contributed by atoms with Gasteiger partial charge in [-0.3, -0.25) is 9.69 Å². The van der Waals surface area contributed by atoms with E-state index in [0.29, 0.717) is 12.6 Å². The second-order valence-corrected chi connectivity index (χ2v) is 5.38. The van der Waals surface area contributed by atoms with Crippen LogP contribution in [0.5, 0.6) is 0 Å². The molecule has 19 heavy (non-hydrogen) atoms. The maximum Gasteiger partial charge on any atom is 0.242 e.